The fourth-order valence-corrected chi connectivity index (χ4v) is 4.13. The molecule has 0 fully saturated rings. The van der Waals surface area contributed by atoms with Gasteiger partial charge < -0.3 is 19.8 Å². The molecule has 3 aromatic rings. The van der Waals surface area contributed by atoms with E-state index in [0.29, 0.717) is 29.8 Å². The first-order valence-corrected chi connectivity index (χ1v) is 11.6. The molecule has 2 heterocycles. The van der Waals surface area contributed by atoms with Crippen LogP contribution in [0.3, 0.4) is 0 Å². The first-order valence-electron chi connectivity index (χ1n) is 10.6. The van der Waals surface area contributed by atoms with Crippen molar-refractivity contribution in [1.82, 2.24) is 15.3 Å². The molecule has 1 aliphatic heterocycles. The minimum Gasteiger partial charge on any atom is -0.490 e. The number of thioether (sulfide) groups is 1. The average Bonchev–Trinajstić information content (AvgIpc) is 3.06. The molecule has 8 heteroatoms. The normalized spacial score (nSPS) is 13.8. The zero-order valence-electron chi connectivity index (χ0n) is 17.8. The van der Waals surface area contributed by atoms with Crippen LogP contribution >= 0.6 is 11.8 Å². The molecule has 0 radical (unpaired) electrons. The van der Waals surface area contributed by atoms with Crippen molar-refractivity contribution in [2.24, 2.45) is 0 Å². The summed E-state index contributed by atoms with van der Waals surface area (Å²) in [5.74, 6) is 1.45. The van der Waals surface area contributed by atoms with Gasteiger partial charge in [-0.1, -0.05) is 55.1 Å². The van der Waals surface area contributed by atoms with Crippen LogP contribution in [-0.4, -0.2) is 34.8 Å². The SMILES string of the molecule is CC[C@@H](NC(=O)CSc1nc(-c2ccccc2)cc(=O)[nH]1)c1ccc2c(c1)OCCCO2. The van der Waals surface area contributed by atoms with Crippen LogP contribution in [0.15, 0.2) is 64.5 Å². The molecule has 0 unspecified atom stereocenters. The predicted octanol–water partition coefficient (Wildman–Crippen LogP) is 3.96. The van der Waals surface area contributed by atoms with Gasteiger partial charge in [0, 0.05) is 18.1 Å². The number of ether oxygens (including phenoxy) is 2. The van der Waals surface area contributed by atoms with Crippen LogP contribution < -0.4 is 20.3 Å². The summed E-state index contributed by atoms with van der Waals surface area (Å²) in [6, 6.07) is 16.6. The lowest BCUT2D eigenvalue weighted by Gasteiger charge is -2.19. The number of nitrogens with zero attached hydrogens (tertiary/aromatic N) is 1. The van der Waals surface area contributed by atoms with Crippen molar-refractivity contribution in [2.75, 3.05) is 19.0 Å². The molecular weight excluding hydrogens is 426 g/mol. The zero-order valence-corrected chi connectivity index (χ0v) is 18.6. The lowest BCUT2D eigenvalue weighted by Crippen LogP contribution is -2.29. The quantitative estimate of drug-likeness (QED) is 0.417. The largest absolute Gasteiger partial charge is 0.490 e. The fraction of sp³-hybridized carbons (Fsp3) is 0.292. The van der Waals surface area contributed by atoms with Crippen molar-refractivity contribution in [1.29, 1.82) is 0 Å². The second-order valence-corrected chi connectivity index (χ2v) is 8.34. The van der Waals surface area contributed by atoms with E-state index >= 15 is 0 Å². The summed E-state index contributed by atoms with van der Waals surface area (Å²) >= 11 is 1.20. The number of nitrogens with one attached hydrogen (secondary N) is 2. The van der Waals surface area contributed by atoms with Crippen LogP contribution in [0.4, 0.5) is 0 Å². The van der Waals surface area contributed by atoms with E-state index in [1.165, 1.54) is 17.8 Å². The van der Waals surface area contributed by atoms with Crippen molar-refractivity contribution >= 4 is 17.7 Å². The van der Waals surface area contributed by atoms with Crippen LogP contribution in [0, 0.1) is 0 Å². The molecule has 1 atom stereocenters. The smallest absolute Gasteiger partial charge is 0.252 e. The van der Waals surface area contributed by atoms with Gasteiger partial charge in [-0.2, -0.15) is 0 Å². The maximum absolute atomic E-state index is 12.6. The van der Waals surface area contributed by atoms with E-state index < -0.39 is 0 Å². The number of carbonyl (C=O) groups excluding carboxylic acids is 1. The van der Waals surface area contributed by atoms with Gasteiger partial charge >= 0.3 is 0 Å². The number of aromatic nitrogens is 2. The summed E-state index contributed by atoms with van der Waals surface area (Å²) in [7, 11) is 0. The molecule has 0 saturated heterocycles. The third-order valence-electron chi connectivity index (χ3n) is 5.05. The van der Waals surface area contributed by atoms with Gasteiger partial charge in [-0.25, -0.2) is 4.98 Å². The highest BCUT2D eigenvalue weighted by Crippen LogP contribution is 2.33. The van der Waals surface area contributed by atoms with E-state index in [0.717, 1.165) is 29.7 Å². The van der Waals surface area contributed by atoms with Gasteiger partial charge in [0.25, 0.3) is 5.56 Å². The van der Waals surface area contributed by atoms with Crippen LogP contribution in [-0.2, 0) is 4.79 Å². The number of amides is 1. The highest BCUT2D eigenvalue weighted by Gasteiger charge is 2.17. The lowest BCUT2D eigenvalue weighted by molar-refractivity contribution is -0.119. The van der Waals surface area contributed by atoms with Crippen LogP contribution in [0.25, 0.3) is 11.3 Å². The number of fused-ring (bicyclic) bond motifs is 1. The number of aromatic amines is 1. The molecule has 0 aliphatic carbocycles. The minimum absolute atomic E-state index is 0.137. The Morgan fingerprint density at radius 2 is 1.91 bits per heavy atom. The Hall–Kier alpha value is -3.26. The summed E-state index contributed by atoms with van der Waals surface area (Å²) in [4.78, 5) is 31.9. The monoisotopic (exact) mass is 451 g/mol. The van der Waals surface area contributed by atoms with Gasteiger partial charge in [-0.3, -0.25) is 9.59 Å². The van der Waals surface area contributed by atoms with Crippen molar-refractivity contribution < 1.29 is 14.3 Å². The molecule has 0 bridgehead atoms. The van der Waals surface area contributed by atoms with Crippen molar-refractivity contribution in [3.63, 3.8) is 0 Å². The molecule has 7 nitrogen and oxygen atoms in total. The van der Waals surface area contributed by atoms with Crippen LogP contribution in [0.1, 0.15) is 31.4 Å². The molecular formula is C24H25N3O4S. The Balaban J connectivity index is 1.41. The summed E-state index contributed by atoms with van der Waals surface area (Å²) < 4.78 is 11.5. The molecule has 2 aromatic carbocycles. The van der Waals surface area contributed by atoms with Gasteiger partial charge in [-0.05, 0) is 24.1 Å². The van der Waals surface area contributed by atoms with Gasteiger partial charge in [-0.15, -0.1) is 0 Å². The maximum atomic E-state index is 12.6. The Bertz CT molecular complexity index is 1130. The number of carbonyl (C=O) groups is 1. The molecule has 2 N–H and O–H groups in total. The summed E-state index contributed by atoms with van der Waals surface area (Å²) in [6.45, 7) is 3.27. The second kappa shape index (κ2) is 10.4. The summed E-state index contributed by atoms with van der Waals surface area (Å²) in [5.41, 5.74) is 2.15. The van der Waals surface area contributed by atoms with E-state index in [-0.39, 0.29) is 23.3 Å². The van der Waals surface area contributed by atoms with Gasteiger partial charge in [0.15, 0.2) is 16.7 Å². The average molecular weight is 452 g/mol. The number of rotatable bonds is 7. The summed E-state index contributed by atoms with van der Waals surface area (Å²) in [6.07, 6.45) is 1.57. The Kier molecular flexibility index (Phi) is 7.11. The van der Waals surface area contributed by atoms with Gasteiger partial charge in [0.2, 0.25) is 5.91 Å². The third-order valence-corrected chi connectivity index (χ3v) is 5.92. The molecule has 4 rings (SSSR count). The number of hydrogen-bond donors (Lipinski definition) is 2. The topological polar surface area (TPSA) is 93.3 Å². The van der Waals surface area contributed by atoms with Crippen molar-refractivity contribution in [2.45, 2.75) is 31.0 Å². The third kappa shape index (κ3) is 5.50. The molecule has 0 saturated carbocycles. The highest BCUT2D eigenvalue weighted by molar-refractivity contribution is 7.99. The first-order chi connectivity index (χ1) is 15.6. The van der Waals surface area contributed by atoms with Gasteiger partial charge in [0.1, 0.15) is 0 Å². The second-order valence-electron chi connectivity index (χ2n) is 7.38. The number of benzene rings is 2. The molecule has 1 aromatic heterocycles. The first kappa shape index (κ1) is 22.0. The lowest BCUT2D eigenvalue weighted by atomic mass is 10.0. The molecule has 1 amide bonds. The summed E-state index contributed by atoms with van der Waals surface area (Å²) in [5, 5.41) is 3.47. The fourth-order valence-electron chi connectivity index (χ4n) is 3.45. The Labute approximate surface area is 190 Å². The number of hydrogen-bond acceptors (Lipinski definition) is 6. The van der Waals surface area contributed by atoms with Crippen molar-refractivity contribution in [3.8, 4) is 22.8 Å². The standard InChI is InChI=1S/C24H25N3O4S/c1-2-18(17-9-10-20-21(13-17)31-12-6-11-30-20)25-23(29)15-32-24-26-19(14-22(28)27-24)16-7-4-3-5-8-16/h3-5,7-10,13-14,18H,2,6,11-12,15H2,1H3,(H,25,29)(H,26,27,28)/t18-/m1/s1. The highest BCUT2D eigenvalue weighted by atomic mass is 32.2. The molecule has 32 heavy (non-hydrogen) atoms. The number of H-pyrrole nitrogens is 1. The molecule has 1 aliphatic rings. The Morgan fingerprint density at radius 1 is 1.12 bits per heavy atom. The van der Waals surface area contributed by atoms with Crippen LogP contribution in [0.5, 0.6) is 11.5 Å². The van der Waals surface area contributed by atoms with E-state index in [2.05, 4.69) is 15.3 Å². The molecule has 0 spiro atoms. The maximum Gasteiger partial charge on any atom is 0.252 e. The zero-order chi connectivity index (χ0) is 22.3. The van der Waals surface area contributed by atoms with E-state index in [1.807, 2.05) is 55.5 Å². The van der Waals surface area contributed by atoms with Gasteiger partial charge in [0.05, 0.1) is 30.7 Å². The minimum atomic E-state index is -0.250. The van der Waals surface area contributed by atoms with E-state index in [4.69, 9.17) is 9.47 Å². The molecule has 166 valence electrons. The van der Waals surface area contributed by atoms with E-state index in [9.17, 15) is 9.59 Å². The van der Waals surface area contributed by atoms with E-state index in [1.54, 1.807) is 0 Å². The van der Waals surface area contributed by atoms with Crippen molar-refractivity contribution in [3.05, 3.63) is 70.5 Å². The Morgan fingerprint density at radius 3 is 2.69 bits per heavy atom. The van der Waals surface area contributed by atoms with Crippen LogP contribution in [0.2, 0.25) is 0 Å². The predicted molar refractivity (Wildman–Crippen MR) is 124 cm³/mol.